The molecule has 0 bridgehead atoms. The molecule has 6 heterocycles. The van der Waals surface area contributed by atoms with Crippen molar-refractivity contribution in [2.45, 2.75) is 52.6 Å². The maximum atomic E-state index is 14.5. The van der Waals surface area contributed by atoms with E-state index in [4.69, 9.17) is 26.8 Å². The smallest absolute Gasteiger partial charge is 0.229 e. The van der Waals surface area contributed by atoms with Gasteiger partial charge in [-0.05, 0) is 89.5 Å². The Hall–Kier alpha value is -6.03. The van der Waals surface area contributed by atoms with Gasteiger partial charge in [0.05, 0.1) is 58.9 Å². The molecule has 6 aromatic rings. The second-order valence-electron chi connectivity index (χ2n) is 14.4. The number of fused-ring (bicyclic) bond motifs is 2. The van der Waals surface area contributed by atoms with Crippen LogP contribution >= 0.6 is 11.6 Å². The molecular formula is C38H43ClF2N12O2. The largest absolute Gasteiger partial charge is 0.486 e. The minimum absolute atomic E-state index is 0.0648. The van der Waals surface area contributed by atoms with Gasteiger partial charge < -0.3 is 39.5 Å². The van der Waals surface area contributed by atoms with Crippen molar-refractivity contribution in [2.24, 2.45) is 0 Å². The van der Waals surface area contributed by atoms with Crippen LogP contribution in [0.25, 0.3) is 11.4 Å². The number of anilines is 5. The zero-order valence-electron chi connectivity index (χ0n) is 31.8. The van der Waals surface area contributed by atoms with E-state index in [1.807, 2.05) is 27.9 Å². The number of halogens is 3. The molecule has 55 heavy (non-hydrogen) atoms. The number of hydrogen-bond acceptors (Lipinski definition) is 12. The first-order valence-electron chi connectivity index (χ1n) is 17.3. The Labute approximate surface area is 323 Å². The third-order valence-corrected chi connectivity index (χ3v) is 9.39. The minimum atomic E-state index is -0.364. The first kappa shape index (κ1) is 38.7. The summed E-state index contributed by atoms with van der Waals surface area (Å²) < 4.78 is 42.5. The van der Waals surface area contributed by atoms with E-state index >= 15 is 0 Å². The molecule has 14 nitrogen and oxygen atoms in total. The lowest BCUT2D eigenvalue weighted by atomic mass is 10.0. The van der Waals surface area contributed by atoms with Crippen LogP contribution in [0.15, 0.2) is 73.8 Å². The van der Waals surface area contributed by atoms with E-state index in [0.717, 1.165) is 17.2 Å². The van der Waals surface area contributed by atoms with Crippen LogP contribution in [-0.4, -0.2) is 77.4 Å². The average Bonchev–Trinajstić information content (AvgIpc) is 3.77. The summed E-state index contributed by atoms with van der Waals surface area (Å²) in [6.07, 6.45) is 9.94. The molecule has 0 saturated carbocycles. The third kappa shape index (κ3) is 8.70. The molecule has 0 atom stereocenters. The van der Waals surface area contributed by atoms with Gasteiger partial charge in [0, 0.05) is 37.9 Å². The Bertz CT molecular complexity index is 2310. The maximum Gasteiger partial charge on any atom is 0.229 e. The lowest BCUT2D eigenvalue weighted by Crippen LogP contribution is -2.49. The van der Waals surface area contributed by atoms with Crippen LogP contribution in [0, 0.1) is 25.5 Å². The van der Waals surface area contributed by atoms with E-state index in [2.05, 4.69) is 72.7 Å². The molecule has 17 heteroatoms. The number of aromatic nitrogens is 8. The predicted molar refractivity (Wildman–Crippen MR) is 209 cm³/mol. The maximum absolute atomic E-state index is 14.5. The van der Waals surface area contributed by atoms with Gasteiger partial charge in [-0.1, -0.05) is 0 Å². The first-order valence-corrected chi connectivity index (χ1v) is 17.6. The number of nitrogens with two attached hydrogens (primary N) is 1. The summed E-state index contributed by atoms with van der Waals surface area (Å²) >= 11 is 5.73. The predicted octanol–water partition coefficient (Wildman–Crippen LogP) is 7.10. The Kier molecular flexibility index (Phi) is 10.8. The van der Waals surface area contributed by atoms with Gasteiger partial charge in [0.2, 0.25) is 11.2 Å². The van der Waals surface area contributed by atoms with Crippen molar-refractivity contribution in [2.75, 3.05) is 48.2 Å². The molecular weight excluding hydrogens is 730 g/mol. The van der Waals surface area contributed by atoms with E-state index < -0.39 is 0 Å². The molecule has 0 spiro atoms. The van der Waals surface area contributed by atoms with Gasteiger partial charge in [0.15, 0.2) is 23.1 Å². The zero-order valence-corrected chi connectivity index (χ0v) is 32.6. The molecule has 3 N–H and O–H groups in total. The van der Waals surface area contributed by atoms with E-state index in [9.17, 15) is 8.78 Å². The van der Waals surface area contributed by atoms with Crippen molar-refractivity contribution in [1.29, 1.82) is 0 Å². The summed E-state index contributed by atoms with van der Waals surface area (Å²) in [6, 6.07) is 9.47. The van der Waals surface area contributed by atoms with Crippen LogP contribution in [0.2, 0.25) is 5.28 Å². The Balaban J connectivity index is 0.000000155. The monoisotopic (exact) mass is 772 g/mol. The Morgan fingerprint density at radius 2 is 1.24 bits per heavy atom. The normalized spacial score (nSPS) is 14.9. The summed E-state index contributed by atoms with van der Waals surface area (Å²) in [6.45, 7) is 13.2. The molecule has 0 saturated heterocycles. The highest BCUT2D eigenvalue weighted by Gasteiger charge is 2.34. The highest BCUT2D eigenvalue weighted by atomic mass is 35.5. The van der Waals surface area contributed by atoms with Gasteiger partial charge in [-0.25, -0.2) is 28.7 Å². The van der Waals surface area contributed by atoms with E-state index in [0.29, 0.717) is 59.2 Å². The van der Waals surface area contributed by atoms with Gasteiger partial charge in [0.1, 0.15) is 24.8 Å². The number of nitrogens with one attached hydrogen (secondary N) is 1. The molecule has 0 radical (unpaired) electrons. The minimum Gasteiger partial charge on any atom is -0.486 e. The molecule has 288 valence electrons. The van der Waals surface area contributed by atoms with Crippen molar-refractivity contribution in [3.8, 4) is 22.9 Å². The van der Waals surface area contributed by atoms with Crippen LogP contribution in [0.5, 0.6) is 11.5 Å². The van der Waals surface area contributed by atoms with Gasteiger partial charge >= 0.3 is 0 Å². The second-order valence-corrected chi connectivity index (χ2v) is 14.7. The van der Waals surface area contributed by atoms with Gasteiger partial charge in [-0.15, -0.1) is 0 Å². The van der Waals surface area contributed by atoms with Crippen molar-refractivity contribution in [3.63, 3.8) is 0 Å². The Morgan fingerprint density at radius 1 is 0.727 bits per heavy atom. The highest BCUT2D eigenvalue weighted by molar-refractivity contribution is 6.28. The fraction of sp³-hybridized carbons (Fsp3) is 0.316. The van der Waals surface area contributed by atoms with Gasteiger partial charge in [0.25, 0.3) is 0 Å². The summed E-state index contributed by atoms with van der Waals surface area (Å²) in [7, 11) is 3.95. The average molecular weight is 773 g/mol. The molecule has 4 aromatic heterocycles. The van der Waals surface area contributed by atoms with Crippen LogP contribution in [-0.2, 0) is 0 Å². The molecule has 0 unspecified atom stereocenters. The number of hydrogen-bond donors (Lipinski definition) is 2. The second kappa shape index (κ2) is 15.4. The number of aryl methyl sites for hydroxylation is 2. The van der Waals surface area contributed by atoms with Crippen LogP contribution in [0.3, 0.4) is 0 Å². The van der Waals surface area contributed by atoms with Crippen molar-refractivity contribution < 1.29 is 18.3 Å². The lowest BCUT2D eigenvalue weighted by molar-refractivity contribution is 0.215. The fourth-order valence-corrected chi connectivity index (χ4v) is 5.61. The van der Waals surface area contributed by atoms with Crippen LogP contribution in [0.4, 0.5) is 37.7 Å². The van der Waals surface area contributed by atoms with Crippen LogP contribution in [0.1, 0.15) is 39.1 Å². The SMILES string of the molecule is CN1c2nc(Cl)ncc2OCC1(C)C.Cc1cn(-c2ccc(N)cc2F)cn1.Cc1cn(-c2ccc(Nc3ncc4c(n3)N(C)C(C)(C)CO4)cc2F)cn1. The zero-order chi connectivity index (χ0) is 39.7. The van der Waals surface area contributed by atoms with Gasteiger partial charge in [-0.3, -0.25) is 0 Å². The molecule has 0 fully saturated rings. The molecule has 0 amide bonds. The van der Waals surface area contributed by atoms with Crippen molar-refractivity contribution in [1.82, 2.24) is 39.0 Å². The molecule has 0 aliphatic carbocycles. The van der Waals surface area contributed by atoms with Crippen molar-refractivity contribution in [3.05, 3.63) is 102 Å². The fourth-order valence-electron chi connectivity index (χ4n) is 5.48. The van der Waals surface area contributed by atoms with E-state index in [-0.39, 0.29) is 28.0 Å². The topological polar surface area (TPSA) is 150 Å². The molecule has 8 rings (SSSR count). The number of nitrogen functional groups attached to an aromatic ring is 1. The van der Waals surface area contributed by atoms with E-state index in [1.54, 1.807) is 70.8 Å². The standard InChI is InChI=1S/C19H21FN6O.C10H10FN3.C9H12ClN3O/c1-12-9-26(11-22-12)15-6-5-13(7-14(15)20)23-18-21-8-16-17(24-18)25(4)19(2,3)10-27-16;1-7-5-14(6-13-7)10-3-2-8(12)4-9(10)11;1-9(2)5-14-6-4-11-8(10)12-7(6)13(9)3/h5-9,11H,10H2,1-4H3,(H,21,23,24);2-6H,12H2,1H3;4H,5H2,1-3H3. The summed E-state index contributed by atoms with van der Waals surface area (Å²) in [5, 5.41) is 3.30. The first-order chi connectivity index (χ1) is 26.0. The summed E-state index contributed by atoms with van der Waals surface area (Å²) in [5.41, 5.74) is 8.76. The molecule has 2 aliphatic rings. The number of benzene rings is 2. The number of ether oxygens (including phenoxy) is 2. The van der Waals surface area contributed by atoms with E-state index in [1.165, 1.54) is 12.1 Å². The number of imidazole rings is 2. The van der Waals surface area contributed by atoms with Crippen LogP contribution < -0.4 is 30.3 Å². The highest BCUT2D eigenvalue weighted by Crippen LogP contribution is 2.36. The number of likely N-dealkylation sites (N-methyl/N-ethyl adjacent to an activating group) is 2. The molecule has 2 aliphatic heterocycles. The van der Waals surface area contributed by atoms with Crippen molar-refractivity contribution >= 4 is 40.6 Å². The summed E-state index contributed by atoms with van der Waals surface area (Å²) in [4.78, 5) is 29.1. The lowest BCUT2D eigenvalue weighted by Gasteiger charge is -2.40. The molecule has 2 aromatic carbocycles. The third-order valence-electron chi connectivity index (χ3n) is 9.21. The Morgan fingerprint density at radius 3 is 1.75 bits per heavy atom. The number of nitrogens with zero attached hydrogens (tertiary/aromatic N) is 10. The number of rotatable bonds is 4. The quantitative estimate of drug-likeness (QED) is 0.139. The summed E-state index contributed by atoms with van der Waals surface area (Å²) in [5.74, 6) is 2.46. The van der Waals surface area contributed by atoms with Gasteiger partial charge in [-0.2, -0.15) is 9.97 Å².